The lowest BCUT2D eigenvalue weighted by molar-refractivity contribution is -0.168. The van der Waals surface area contributed by atoms with Crippen molar-refractivity contribution in [2.24, 2.45) is 0 Å². The zero-order valence-corrected chi connectivity index (χ0v) is 23.6. The molecule has 5 N–H and O–H groups in total. The van der Waals surface area contributed by atoms with Crippen molar-refractivity contribution in [3.8, 4) is 11.1 Å². The third-order valence-corrected chi connectivity index (χ3v) is 7.32. The van der Waals surface area contributed by atoms with Crippen LogP contribution in [0.4, 0.5) is 0 Å². The van der Waals surface area contributed by atoms with Gasteiger partial charge in [0, 0.05) is 25.6 Å². The average Bonchev–Trinajstić information content (AvgIpc) is 2.94. The van der Waals surface area contributed by atoms with Gasteiger partial charge in [-0.25, -0.2) is 0 Å². The molecule has 0 aromatic heterocycles. The molecule has 1 amide bonds. The number of carbonyl (C=O) groups is 1. The van der Waals surface area contributed by atoms with E-state index in [2.05, 4.69) is 53.7 Å². The first-order chi connectivity index (χ1) is 18.9. The number of rotatable bonds is 16. The minimum Gasteiger partial charge on any atom is -0.391 e. The first-order valence-corrected chi connectivity index (χ1v) is 14.5. The fraction of sp³-hybridized carbons (Fsp3) is 0.531. The molecule has 0 saturated carbocycles. The number of hydrogen-bond donors (Lipinski definition) is 5. The van der Waals surface area contributed by atoms with Crippen LogP contribution in [0.3, 0.4) is 0 Å². The molecular weight excluding hydrogens is 490 g/mol. The highest BCUT2D eigenvalue weighted by molar-refractivity contribution is 5.73. The van der Waals surface area contributed by atoms with Crippen LogP contribution in [0.1, 0.15) is 70.8 Å². The predicted molar refractivity (Wildman–Crippen MR) is 158 cm³/mol. The second-order valence-corrected chi connectivity index (χ2v) is 10.5. The summed E-state index contributed by atoms with van der Waals surface area (Å²) in [5.41, 5.74) is 4.04. The van der Waals surface area contributed by atoms with Crippen LogP contribution in [0.2, 0.25) is 0 Å². The van der Waals surface area contributed by atoms with Crippen LogP contribution >= 0.6 is 0 Å². The van der Waals surface area contributed by atoms with E-state index in [9.17, 15) is 15.0 Å². The minimum atomic E-state index is -0.879. The van der Waals surface area contributed by atoms with Gasteiger partial charge >= 0.3 is 0 Å². The molecule has 0 aliphatic carbocycles. The van der Waals surface area contributed by atoms with Gasteiger partial charge in [0.05, 0.1) is 18.2 Å². The smallest absolute Gasteiger partial charge is 0.217 e. The fourth-order valence-electron chi connectivity index (χ4n) is 5.09. The Morgan fingerprint density at radius 3 is 2.36 bits per heavy atom. The second kappa shape index (κ2) is 16.4. The molecule has 2 aromatic carbocycles. The van der Waals surface area contributed by atoms with Gasteiger partial charge in [-0.15, -0.1) is 0 Å². The molecule has 1 aliphatic rings. The Labute approximate surface area is 234 Å². The van der Waals surface area contributed by atoms with Gasteiger partial charge in [0.25, 0.3) is 0 Å². The van der Waals surface area contributed by atoms with E-state index in [0.29, 0.717) is 19.4 Å². The van der Waals surface area contributed by atoms with Crippen LogP contribution < -0.4 is 16.0 Å². The summed E-state index contributed by atoms with van der Waals surface area (Å²) in [5.74, 6) is -0.260. The number of nitrogens with one attached hydrogen (secondary N) is 3. The average molecular weight is 538 g/mol. The monoisotopic (exact) mass is 537 g/mol. The quantitative estimate of drug-likeness (QED) is 0.201. The van der Waals surface area contributed by atoms with Crippen molar-refractivity contribution in [2.45, 2.75) is 95.8 Å². The van der Waals surface area contributed by atoms with E-state index in [4.69, 9.17) is 4.74 Å². The summed E-state index contributed by atoms with van der Waals surface area (Å²) in [6.45, 7) is 9.04. The van der Waals surface area contributed by atoms with Gasteiger partial charge in [-0.3, -0.25) is 10.1 Å². The number of unbranched alkanes of at least 4 members (excludes halogenated alkanes) is 5. The molecule has 4 unspecified atom stereocenters. The Balaban J connectivity index is 1.49. The van der Waals surface area contributed by atoms with Crippen molar-refractivity contribution in [1.29, 1.82) is 0 Å². The van der Waals surface area contributed by atoms with Gasteiger partial charge in [-0.05, 0) is 36.1 Å². The SMILES string of the molecule is C=C(NCCC(O)C1OC(NCCCCCCCC)CC(O)[C@H]1NC(C)=O)c1ccc(-c2ccccc2)cc1. The molecule has 1 saturated heterocycles. The van der Waals surface area contributed by atoms with Crippen LogP contribution in [0.5, 0.6) is 0 Å². The largest absolute Gasteiger partial charge is 0.391 e. The highest BCUT2D eigenvalue weighted by Gasteiger charge is 2.41. The molecule has 1 heterocycles. The molecule has 3 rings (SSSR count). The zero-order chi connectivity index (χ0) is 28.0. The minimum absolute atomic E-state index is 0.260. The molecular formula is C32H47N3O4. The number of hydrogen-bond acceptors (Lipinski definition) is 6. The summed E-state index contributed by atoms with van der Waals surface area (Å²) in [4.78, 5) is 11.8. The van der Waals surface area contributed by atoms with E-state index in [-0.39, 0.29) is 12.1 Å². The van der Waals surface area contributed by atoms with Crippen LogP contribution in [0.15, 0.2) is 61.2 Å². The zero-order valence-electron chi connectivity index (χ0n) is 23.6. The number of amides is 1. The Morgan fingerprint density at radius 2 is 1.67 bits per heavy atom. The Bertz CT molecular complexity index is 998. The Morgan fingerprint density at radius 1 is 1.00 bits per heavy atom. The lowest BCUT2D eigenvalue weighted by atomic mass is 9.92. The third-order valence-electron chi connectivity index (χ3n) is 7.32. The van der Waals surface area contributed by atoms with Gasteiger partial charge in [0.1, 0.15) is 12.3 Å². The molecule has 39 heavy (non-hydrogen) atoms. The molecule has 7 nitrogen and oxygen atoms in total. The molecule has 0 radical (unpaired) electrons. The van der Waals surface area contributed by atoms with Gasteiger partial charge < -0.3 is 25.6 Å². The second-order valence-electron chi connectivity index (χ2n) is 10.5. The highest BCUT2D eigenvalue weighted by atomic mass is 16.5. The van der Waals surface area contributed by atoms with Gasteiger partial charge in [-0.1, -0.05) is 100 Å². The van der Waals surface area contributed by atoms with Crippen molar-refractivity contribution in [3.05, 3.63) is 66.7 Å². The van der Waals surface area contributed by atoms with E-state index in [0.717, 1.165) is 41.8 Å². The van der Waals surface area contributed by atoms with Gasteiger partial charge in [0.2, 0.25) is 5.91 Å². The standard InChI is InChI=1S/C32H47N3O4/c1-4-5-6-7-8-12-20-34-30-22-29(38)31(35-24(3)36)32(39-30)28(37)19-21-33-23(2)25-15-17-27(18-16-25)26-13-10-9-11-14-26/h9-11,13-18,28-34,37-38H,2,4-8,12,19-22H2,1,3H3,(H,35,36)/t28?,29?,30?,31-,32?/m1/s1. The normalized spacial score (nSPS) is 21.7. The van der Waals surface area contributed by atoms with Crippen LogP contribution in [0, 0.1) is 0 Å². The van der Waals surface area contributed by atoms with Crippen molar-refractivity contribution >= 4 is 11.6 Å². The summed E-state index contributed by atoms with van der Waals surface area (Å²) >= 11 is 0. The molecule has 0 bridgehead atoms. The van der Waals surface area contributed by atoms with E-state index in [1.807, 2.05) is 30.3 Å². The summed E-state index contributed by atoms with van der Waals surface area (Å²) in [5, 5.41) is 31.3. The van der Waals surface area contributed by atoms with Crippen molar-refractivity contribution in [2.75, 3.05) is 13.1 Å². The third kappa shape index (κ3) is 10.1. The number of aliphatic hydroxyl groups excluding tert-OH is 2. The number of ether oxygens (including phenoxy) is 1. The summed E-state index contributed by atoms with van der Waals surface area (Å²) in [6.07, 6.45) is 5.16. The summed E-state index contributed by atoms with van der Waals surface area (Å²) < 4.78 is 6.19. The number of aliphatic hydroxyl groups is 2. The molecule has 214 valence electrons. The molecule has 0 spiro atoms. The highest BCUT2D eigenvalue weighted by Crippen LogP contribution is 2.24. The first-order valence-electron chi connectivity index (χ1n) is 14.5. The van der Waals surface area contributed by atoms with Crippen LogP contribution in [-0.4, -0.2) is 59.8 Å². The predicted octanol–water partition coefficient (Wildman–Crippen LogP) is 4.60. The van der Waals surface area contributed by atoms with Crippen LogP contribution in [-0.2, 0) is 9.53 Å². The summed E-state index contributed by atoms with van der Waals surface area (Å²) in [6, 6.07) is 17.7. The van der Waals surface area contributed by atoms with E-state index in [1.54, 1.807) is 0 Å². The first kappa shape index (κ1) is 30.8. The number of carbonyl (C=O) groups excluding carboxylic acids is 1. The Hall–Kier alpha value is -2.71. The maximum atomic E-state index is 11.8. The van der Waals surface area contributed by atoms with E-state index >= 15 is 0 Å². The molecule has 2 aromatic rings. The topological polar surface area (TPSA) is 103 Å². The van der Waals surface area contributed by atoms with Crippen molar-refractivity contribution in [3.63, 3.8) is 0 Å². The lowest BCUT2D eigenvalue weighted by Crippen LogP contribution is -2.62. The van der Waals surface area contributed by atoms with E-state index in [1.165, 1.54) is 32.6 Å². The molecule has 5 atom stereocenters. The van der Waals surface area contributed by atoms with Crippen molar-refractivity contribution < 1.29 is 19.7 Å². The van der Waals surface area contributed by atoms with Crippen molar-refractivity contribution in [1.82, 2.24) is 16.0 Å². The van der Waals surface area contributed by atoms with Crippen LogP contribution in [0.25, 0.3) is 16.8 Å². The Kier molecular flexibility index (Phi) is 13.0. The lowest BCUT2D eigenvalue weighted by Gasteiger charge is -2.42. The maximum absolute atomic E-state index is 11.8. The molecule has 1 fully saturated rings. The van der Waals surface area contributed by atoms with Gasteiger partial charge in [-0.2, -0.15) is 0 Å². The van der Waals surface area contributed by atoms with E-state index < -0.39 is 24.4 Å². The van der Waals surface area contributed by atoms with Gasteiger partial charge in [0.15, 0.2) is 0 Å². The molecule has 7 heteroatoms. The maximum Gasteiger partial charge on any atom is 0.217 e. The fourth-order valence-corrected chi connectivity index (χ4v) is 5.09. The number of benzene rings is 2. The summed E-state index contributed by atoms with van der Waals surface area (Å²) in [7, 11) is 0. The molecule has 1 aliphatic heterocycles.